The Kier molecular flexibility index (Phi) is 6.39. The van der Waals surface area contributed by atoms with E-state index in [9.17, 15) is 13.2 Å². The van der Waals surface area contributed by atoms with Crippen molar-refractivity contribution in [3.8, 4) is 0 Å². The molecule has 1 atom stereocenters. The van der Waals surface area contributed by atoms with Gasteiger partial charge in [0.2, 0.25) is 10.0 Å². The summed E-state index contributed by atoms with van der Waals surface area (Å²) in [5.74, 6) is 0.440. The fourth-order valence-corrected chi connectivity index (χ4v) is 4.45. The summed E-state index contributed by atoms with van der Waals surface area (Å²) in [6, 6.07) is 14.6. The topological polar surface area (TPSA) is 75.3 Å². The van der Waals surface area contributed by atoms with Gasteiger partial charge in [0.15, 0.2) is 0 Å². The van der Waals surface area contributed by atoms with Crippen molar-refractivity contribution < 1.29 is 13.2 Å². The third-order valence-corrected chi connectivity index (χ3v) is 5.91. The first kappa shape index (κ1) is 20.4. The highest BCUT2D eigenvalue weighted by molar-refractivity contribution is 7.92. The van der Waals surface area contributed by atoms with Gasteiger partial charge >= 0.3 is 0 Å². The number of hydrogen-bond acceptors (Lipinski definition) is 3. The Balaban J connectivity index is 1.69. The molecule has 0 aromatic heterocycles. The van der Waals surface area contributed by atoms with Gasteiger partial charge in [0.25, 0.3) is 5.91 Å². The lowest BCUT2D eigenvalue weighted by atomic mass is 9.84. The van der Waals surface area contributed by atoms with Gasteiger partial charge in [0, 0.05) is 5.56 Å². The van der Waals surface area contributed by atoms with E-state index < -0.39 is 10.0 Å². The number of rotatable bonds is 6. The molecule has 1 aliphatic carbocycles. The van der Waals surface area contributed by atoms with Gasteiger partial charge in [-0.05, 0) is 55.0 Å². The van der Waals surface area contributed by atoms with Crippen LogP contribution >= 0.6 is 0 Å². The van der Waals surface area contributed by atoms with Crippen molar-refractivity contribution in [2.45, 2.75) is 51.0 Å². The second kappa shape index (κ2) is 8.78. The van der Waals surface area contributed by atoms with E-state index in [0.717, 1.165) is 11.8 Å². The van der Waals surface area contributed by atoms with Gasteiger partial charge in [-0.2, -0.15) is 0 Å². The zero-order valence-electron chi connectivity index (χ0n) is 16.4. The maximum atomic E-state index is 12.7. The van der Waals surface area contributed by atoms with Gasteiger partial charge in [-0.1, -0.05) is 49.6 Å². The van der Waals surface area contributed by atoms with E-state index in [1.165, 1.54) is 37.7 Å². The van der Waals surface area contributed by atoms with Gasteiger partial charge in [0.05, 0.1) is 18.0 Å². The molecule has 2 aromatic carbocycles. The minimum absolute atomic E-state index is 0.170. The van der Waals surface area contributed by atoms with Crippen LogP contribution in [0.15, 0.2) is 48.5 Å². The van der Waals surface area contributed by atoms with Crippen LogP contribution in [0.25, 0.3) is 0 Å². The molecule has 2 N–H and O–H groups in total. The molecular weight excluding hydrogens is 372 g/mol. The van der Waals surface area contributed by atoms with Crippen molar-refractivity contribution in [3.05, 3.63) is 65.2 Å². The summed E-state index contributed by atoms with van der Waals surface area (Å²) in [4.78, 5) is 12.7. The number of benzene rings is 2. The maximum absolute atomic E-state index is 12.7. The fraction of sp³-hybridized carbons (Fsp3) is 0.409. The minimum atomic E-state index is -3.39. The quantitative estimate of drug-likeness (QED) is 0.744. The molecule has 28 heavy (non-hydrogen) atoms. The van der Waals surface area contributed by atoms with Crippen molar-refractivity contribution in [2.75, 3.05) is 11.0 Å². The standard InChI is InChI=1S/C22H28N2O3S/c1-16(20-10-6-7-11-21(20)24-28(2,26)27)23-22(25)19-14-12-18(13-15-19)17-8-4-3-5-9-17/h6-7,10-17,24H,3-5,8-9H2,1-2H3,(H,23,25). The van der Waals surface area contributed by atoms with Crippen LogP contribution in [-0.2, 0) is 10.0 Å². The SMILES string of the molecule is CC(NC(=O)c1ccc(C2CCCCC2)cc1)c1ccccc1NS(C)(=O)=O. The lowest BCUT2D eigenvalue weighted by Crippen LogP contribution is -2.27. The molecule has 0 spiro atoms. The van der Waals surface area contributed by atoms with Gasteiger partial charge in [-0.3, -0.25) is 9.52 Å². The van der Waals surface area contributed by atoms with Crippen LogP contribution in [0.1, 0.15) is 72.5 Å². The average Bonchev–Trinajstić information content (AvgIpc) is 2.68. The first-order valence-corrected chi connectivity index (χ1v) is 11.7. The van der Waals surface area contributed by atoms with E-state index in [0.29, 0.717) is 17.2 Å². The first-order valence-electron chi connectivity index (χ1n) is 9.81. The van der Waals surface area contributed by atoms with Crippen molar-refractivity contribution >= 4 is 21.6 Å². The van der Waals surface area contributed by atoms with E-state index in [-0.39, 0.29) is 11.9 Å². The molecule has 150 valence electrons. The van der Waals surface area contributed by atoms with Gasteiger partial charge in [0.1, 0.15) is 0 Å². The highest BCUT2D eigenvalue weighted by Gasteiger charge is 2.18. The summed E-state index contributed by atoms with van der Waals surface area (Å²) in [7, 11) is -3.39. The lowest BCUT2D eigenvalue weighted by molar-refractivity contribution is 0.0940. The summed E-state index contributed by atoms with van der Waals surface area (Å²) >= 11 is 0. The zero-order chi connectivity index (χ0) is 20.1. The molecule has 0 saturated heterocycles. The van der Waals surface area contributed by atoms with Crippen LogP contribution in [-0.4, -0.2) is 20.6 Å². The number of carbonyl (C=O) groups excluding carboxylic acids is 1. The summed E-state index contributed by atoms with van der Waals surface area (Å²) in [6.45, 7) is 1.84. The molecule has 3 rings (SSSR count). The van der Waals surface area contributed by atoms with Crippen molar-refractivity contribution in [2.24, 2.45) is 0 Å². The van der Waals surface area contributed by atoms with Crippen LogP contribution in [0, 0.1) is 0 Å². The lowest BCUT2D eigenvalue weighted by Gasteiger charge is -2.22. The molecule has 0 aliphatic heterocycles. The van der Waals surface area contributed by atoms with E-state index in [4.69, 9.17) is 0 Å². The zero-order valence-corrected chi connectivity index (χ0v) is 17.3. The Labute approximate surface area is 167 Å². The second-order valence-electron chi connectivity index (χ2n) is 7.61. The number of nitrogens with one attached hydrogen (secondary N) is 2. The third-order valence-electron chi connectivity index (χ3n) is 5.32. The molecule has 0 bridgehead atoms. The molecule has 0 heterocycles. The van der Waals surface area contributed by atoms with Crippen LogP contribution in [0.4, 0.5) is 5.69 Å². The number of hydrogen-bond donors (Lipinski definition) is 2. The van der Waals surface area contributed by atoms with Crippen molar-refractivity contribution in [1.29, 1.82) is 0 Å². The van der Waals surface area contributed by atoms with Gasteiger partial charge in [-0.15, -0.1) is 0 Å². The smallest absolute Gasteiger partial charge is 0.251 e. The predicted octanol–water partition coefficient (Wildman–Crippen LogP) is 4.60. The Morgan fingerprint density at radius 3 is 2.29 bits per heavy atom. The van der Waals surface area contributed by atoms with Crippen molar-refractivity contribution in [3.63, 3.8) is 0 Å². The van der Waals surface area contributed by atoms with E-state index in [1.54, 1.807) is 12.1 Å². The molecule has 1 fully saturated rings. The number of amides is 1. The van der Waals surface area contributed by atoms with Crippen LogP contribution < -0.4 is 10.0 Å². The highest BCUT2D eigenvalue weighted by atomic mass is 32.2. The summed E-state index contributed by atoms with van der Waals surface area (Å²) in [5.41, 5.74) is 3.12. The summed E-state index contributed by atoms with van der Waals surface area (Å²) in [5, 5.41) is 2.96. The third kappa shape index (κ3) is 5.35. The van der Waals surface area contributed by atoms with Gasteiger partial charge in [-0.25, -0.2) is 8.42 Å². The van der Waals surface area contributed by atoms with Gasteiger partial charge < -0.3 is 5.32 Å². The van der Waals surface area contributed by atoms with E-state index >= 15 is 0 Å². The largest absolute Gasteiger partial charge is 0.345 e. The number of sulfonamides is 1. The molecular formula is C22H28N2O3S. The van der Waals surface area contributed by atoms with Crippen LogP contribution in [0.5, 0.6) is 0 Å². The Bertz CT molecular complexity index is 917. The Morgan fingerprint density at radius 1 is 1.00 bits per heavy atom. The fourth-order valence-electron chi connectivity index (χ4n) is 3.87. The monoisotopic (exact) mass is 400 g/mol. The molecule has 1 saturated carbocycles. The summed E-state index contributed by atoms with van der Waals surface area (Å²) in [6.07, 6.45) is 7.46. The average molecular weight is 401 g/mol. The molecule has 0 radical (unpaired) electrons. The number of para-hydroxylation sites is 1. The summed E-state index contributed by atoms with van der Waals surface area (Å²) < 4.78 is 25.7. The minimum Gasteiger partial charge on any atom is -0.345 e. The normalized spacial score (nSPS) is 16.4. The molecule has 6 heteroatoms. The van der Waals surface area contributed by atoms with Crippen LogP contribution in [0.2, 0.25) is 0 Å². The molecule has 2 aromatic rings. The Hall–Kier alpha value is -2.34. The predicted molar refractivity (Wildman–Crippen MR) is 113 cm³/mol. The molecule has 1 unspecified atom stereocenters. The van der Waals surface area contributed by atoms with E-state index in [1.807, 2.05) is 31.2 Å². The second-order valence-corrected chi connectivity index (χ2v) is 9.36. The Morgan fingerprint density at radius 2 is 1.64 bits per heavy atom. The first-order chi connectivity index (χ1) is 13.3. The number of carbonyl (C=O) groups is 1. The van der Waals surface area contributed by atoms with Crippen LogP contribution in [0.3, 0.4) is 0 Å². The van der Waals surface area contributed by atoms with Crippen molar-refractivity contribution in [1.82, 2.24) is 5.32 Å². The highest BCUT2D eigenvalue weighted by Crippen LogP contribution is 2.32. The molecule has 1 aliphatic rings. The van der Waals surface area contributed by atoms with E-state index in [2.05, 4.69) is 22.2 Å². The molecule has 1 amide bonds. The number of anilines is 1. The molecule has 5 nitrogen and oxygen atoms in total. The maximum Gasteiger partial charge on any atom is 0.251 e.